The zero-order valence-electron chi connectivity index (χ0n) is 18.1. The Bertz CT molecular complexity index is 1270. The van der Waals surface area contributed by atoms with Gasteiger partial charge in [0.15, 0.2) is 11.7 Å². The molecule has 0 aliphatic rings. The van der Waals surface area contributed by atoms with Crippen molar-refractivity contribution in [2.75, 3.05) is 18.1 Å². The van der Waals surface area contributed by atoms with E-state index in [4.69, 9.17) is 15.2 Å². The van der Waals surface area contributed by atoms with E-state index >= 15 is 0 Å². The molecular formula is C25H23N3O4S. The second kappa shape index (κ2) is 10.1. The number of rotatable bonds is 9. The number of amides is 2. The van der Waals surface area contributed by atoms with Gasteiger partial charge in [-0.15, -0.1) is 0 Å². The van der Waals surface area contributed by atoms with Crippen molar-refractivity contribution in [1.82, 2.24) is 4.98 Å². The maximum Gasteiger partial charge on any atom is 0.267 e. The second-order valence-electron chi connectivity index (χ2n) is 7.21. The number of ether oxygens (including phenoxy) is 2. The van der Waals surface area contributed by atoms with E-state index < -0.39 is 5.91 Å². The Labute approximate surface area is 195 Å². The SMILES string of the molecule is CCOc1ccc2nc(N(Cc3ccccc3)C(=O)COc3cccc(C(N)=O)c3)sc2c1. The van der Waals surface area contributed by atoms with Gasteiger partial charge in [0, 0.05) is 5.56 Å². The van der Waals surface area contributed by atoms with E-state index in [0.717, 1.165) is 21.5 Å². The van der Waals surface area contributed by atoms with E-state index in [2.05, 4.69) is 4.98 Å². The fraction of sp³-hybridized carbons (Fsp3) is 0.160. The summed E-state index contributed by atoms with van der Waals surface area (Å²) in [6, 6.07) is 21.8. The maximum absolute atomic E-state index is 13.2. The van der Waals surface area contributed by atoms with Crippen LogP contribution in [-0.4, -0.2) is 30.0 Å². The summed E-state index contributed by atoms with van der Waals surface area (Å²) < 4.78 is 12.2. The monoisotopic (exact) mass is 461 g/mol. The molecule has 1 aromatic heterocycles. The molecule has 0 saturated carbocycles. The summed E-state index contributed by atoms with van der Waals surface area (Å²) in [6.07, 6.45) is 0. The average molecular weight is 462 g/mol. The van der Waals surface area contributed by atoms with E-state index in [1.54, 1.807) is 23.1 Å². The lowest BCUT2D eigenvalue weighted by Crippen LogP contribution is -2.34. The normalized spacial score (nSPS) is 10.7. The van der Waals surface area contributed by atoms with Gasteiger partial charge >= 0.3 is 0 Å². The lowest BCUT2D eigenvalue weighted by molar-refractivity contribution is -0.120. The standard InChI is InChI=1S/C25H23N3O4S/c1-2-31-20-11-12-21-22(14-20)33-25(27-21)28(15-17-7-4-3-5-8-17)23(29)16-32-19-10-6-9-18(13-19)24(26)30/h3-14H,2,15-16H2,1H3,(H2,26,30). The molecule has 7 nitrogen and oxygen atoms in total. The topological polar surface area (TPSA) is 94.8 Å². The highest BCUT2D eigenvalue weighted by molar-refractivity contribution is 7.22. The Balaban J connectivity index is 1.59. The molecular weight excluding hydrogens is 438 g/mol. The summed E-state index contributed by atoms with van der Waals surface area (Å²) in [4.78, 5) is 30.9. The van der Waals surface area contributed by atoms with Crippen LogP contribution < -0.4 is 20.1 Å². The van der Waals surface area contributed by atoms with Crippen LogP contribution in [0.2, 0.25) is 0 Å². The molecule has 8 heteroatoms. The molecule has 0 fully saturated rings. The van der Waals surface area contributed by atoms with Crippen molar-refractivity contribution in [2.45, 2.75) is 13.5 Å². The molecule has 1 heterocycles. The van der Waals surface area contributed by atoms with Crippen molar-refractivity contribution in [3.8, 4) is 11.5 Å². The number of carbonyl (C=O) groups excluding carboxylic acids is 2. The van der Waals surface area contributed by atoms with Crippen molar-refractivity contribution < 1.29 is 19.1 Å². The van der Waals surface area contributed by atoms with Gasteiger partial charge in [0.05, 0.1) is 23.4 Å². The molecule has 0 radical (unpaired) electrons. The molecule has 4 rings (SSSR count). The second-order valence-corrected chi connectivity index (χ2v) is 8.21. The van der Waals surface area contributed by atoms with Crippen LogP contribution in [-0.2, 0) is 11.3 Å². The molecule has 4 aromatic rings. The average Bonchev–Trinajstić information content (AvgIpc) is 3.25. The smallest absolute Gasteiger partial charge is 0.267 e. The summed E-state index contributed by atoms with van der Waals surface area (Å²) in [7, 11) is 0. The van der Waals surface area contributed by atoms with Crippen molar-refractivity contribution in [2.24, 2.45) is 5.73 Å². The first-order chi connectivity index (χ1) is 16.0. The number of anilines is 1. The number of thiazole rings is 1. The minimum Gasteiger partial charge on any atom is -0.494 e. The molecule has 0 saturated heterocycles. The number of aromatic nitrogens is 1. The molecule has 0 spiro atoms. The van der Waals surface area contributed by atoms with E-state index in [-0.39, 0.29) is 12.5 Å². The fourth-order valence-corrected chi connectivity index (χ4v) is 4.27. The lowest BCUT2D eigenvalue weighted by Gasteiger charge is -2.20. The van der Waals surface area contributed by atoms with Crippen LogP contribution in [0, 0.1) is 0 Å². The molecule has 0 aliphatic heterocycles. The van der Waals surface area contributed by atoms with Gasteiger partial charge < -0.3 is 15.2 Å². The molecule has 0 bridgehead atoms. The molecule has 2 amide bonds. The summed E-state index contributed by atoms with van der Waals surface area (Å²) in [5.41, 5.74) is 7.41. The Hall–Kier alpha value is -3.91. The quantitative estimate of drug-likeness (QED) is 0.399. The summed E-state index contributed by atoms with van der Waals surface area (Å²) >= 11 is 1.42. The Morgan fingerprint density at radius 2 is 1.76 bits per heavy atom. The highest BCUT2D eigenvalue weighted by atomic mass is 32.1. The largest absolute Gasteiger partial charge is 0.494 e. The van der Waals surface area contributed by atoms with Crippen LogP contribution in [0.5, 0.6) is 11.5 Å². The van der Waals surface area contributed by atoms with Gasteiger partial charge in [-0.1, -0.05) is 47.7 Å². The molecule has 168 valence electrons. The van der Waals surface area contributed by atoms with Crippen molar-refractivity contribution >= 4 is 38.5 Å². The minimum absolute atomic E-state index is 0.213. The van der Waals surface area contributed by atoms with Gasteiger partial charge in [-0.3, -0.25) is 14.5 Å². The van der Waals surface area contributed by atoms with Gasteiger partial charge in [-0.05, 0) is 48.9 Å². The molecule has 0 atom stereocenters. The Kier molecular flexibility index (Phi) is 6.85. The van der Waals surface area contributed by atoms with Gasteiger partial charge in [0.25, 0.3) is 5.91 Å². The van der Waals surface area contributed by atoms with Gasteiger partial charge in [0.1, 0.15) is 11.5 Å². The van der Waals surface area contributed by atoms with Gasteiger partial charge in [-0.2, -0.15) is 0 Å². The predicted octanol–water partition coefficient (Wildman–Crippen LogP) is 4.41. The van der Waals surface area contributed by atoms with E-state index in [0.29, 0.717) is 29.6 Å². The first-order valence-corrected chi connectivity index (χ1v) is 11.3. The van der Waals surface area contributed by atoms with Crippen molar-refractivity contribution in [3.63, 3.8) is 0 Å². The third-order valence-electron chi connectivity index (χ3n) is 4.86. The summed E-state index contributed by atoms with van der Waals surface area (Å²) in [6.45, 7) is 2.64. The zero-order valence-corrected chi connectivity index (χ0v) is 18.9. The minimum atomic E-state index is -0.557. The molecule has 0 aliphatic carbocycles. The molecule has 3 aromatic carbocycles. The number of carbonyl (C=O) groups is 2. The van der Waals surface area contributed by atoms with Gasteiger partial charge in [-0.25, -0.2) is 4.98 Å². The number of fused-ring (bicyclic) bond motifs is 1. The highest BCUT2D eigenvalue weighted by Gasteiger charge is 2.21. The summed E-state index contributed by atoms with van der Waals surface area (Å²) in [5.74, 6) is 0.342. The third-order valence-corrected chi connectivity index (χ3v) is 5.90. The van der Waals surface area contributed by atoms with Crippen molar-refractivity contribution in [1.29, 1.82) is 0 Å². The zero-order chi connectivity index (χ0) is 23.2. The number of hydrogen-bond donors (Lipinski definition) is 1. The van der Waals surface area contributed by atoms with Crippen molar-refractivity contribution in [3.05, 3.63) is 83.9 Å². The molecule has 2 N–H and O–H groups in total. The first-order valence-electron chi connectivity index (χ1n) is 10.4. The van der Waals surface area contributed by atoms with E-state index in [1.165, 1.54) is 17.4 Å². The van der Waals surface area contributed by atoms with Crippen LogP contribution in [0.3, 0.4) is 0 Å². The number of primary amides is 1. The van der Waals surface area contributed by atoms with E-state index in [1.807, 2.05) is 55.5 Å². The Morgan fingerprint density at radius 1 is 0.970 bits per heavy atom. The highest BCUT2D eigenvalue weighted by Crippen LogP contribution is 2.32. The van der Waals surface area contributed by atoms with Crippen LogP contribution in [0.4, 0.5) is 5.13 Å². The third kappa shape index (κ3) is 5.48. The number of benzene rings is 3. The lowest BCUT2D eigenvalue weighted by atomic mass is 10.2. The van der Waals surface area contributed by atoms with E-state index in [9.17, 15) is 9.59 Å². The fourth-order valence-electron chi connectivity index (χ4n) is 3.26. The summed E-state index contributed by atoms with van der Waals surface area (Å²) in [5, 5.41) is 0.571. The predicted molar refractivity (Wildman–Crippen MR) is 129 cm³/mol. The molecule has 0 unspecified atom stereocenters. The molecule has 33 heavy (non-hydrogen) atoms. The Morgan fingerprint density at radius 3 is 2.52 bits per heavy atom. The number of nitrogens with zero attached hydrogens (tertiary/aromatic N) is 2. The van der Waals surface area contributed by atoms with Crippen LogP contribution in [0.25, 0.3) is 10.2 Å². The maximum atomic E-state index is 13.2. The number of nitrogens with two attached hydrogens (primary N) is 1. The van der Waals surface area contributed by atoms with Crippen LogP contribution in [0.15, 0.2) is 72.8 Å². The number of hydrogen-bond acceptors (Lipinski definition) is 6. The van der Waals surface area contributed by atoms with Crippen LogP contribution >= 0.6 is 11.3 Å². The van der Waals surface area contributed by atoms with Crippen LogP contribution in [0.1, 0.15) is 22.8 Å². The first kappa shape index (κ1) is 22.3. The van der Waals surface area contributed by atoms with Gasteiger partial charge in [0.2, 0.25) is 5.91 Å².